The molecule has 16 heavy (non-hydrogen) atoms. The Morgan fingerprint density at radius 3 is 2.62 bits per heavy atom. The number of hydrogen-bond donors (Lipinski definition) is 2. The fourth-order valence-corrected chi connectivity index (χ4v) is 1.45. The highest BCUT2D eigenvalue weighted by molar-refractivity contribution is 5.99. The van der Waals surface area contributed by atoms with Crippen molar-refractivity contribution in [2.45, 2.75) is 13.8 Å². The number of nitrogens with zero attached hydrogens (tertiary/aromatic N) is 1. The molecule has 88 valence electrons. The van der Waals surface area contributed by atoms with Crippen molar-refractivity contribution in [2.24, 2.45) is 0 Å². The number of carbonyl (C=O) groups excluding carboxylic acids is 1. The lowest BCUT2D eigenvalue weighted by atomic mass is 10.1. The molecular weight excluding hydrogens is 202 g/mol. The standard InChI is InChI=1S/C12H19N3O/c1-5-13-11-7-6-9(2)8-10(11)12(16)14-15(3)4/h6-8,13H,5H2,1-4H3,(H,14,16). The zero-order chi connectivity index (χ0) is 12.1. The molecule has 0 radical (unpaired) electrons. The van der Waals surface area contributed by atoms with Crippen LogP contribution < -0.4 is 10.7 Å². The van der Waals surface area contributed by atoms with E-state index in [9.17, 15) is 4.79 Å². The van der Waals surface area contributed by atoms with Crippen molar-refractivity contribution >= 4 is 11.6 Å². The molecule has 0 saturated heterocycles. The minimum Gasteiger partial charge on any atom is -0.385 e. The SMILES string of the molecule is CCNc1ccc(C)cc1C(=O)NN(C)C. The van der Waals surface area contributed by atoms with E-state index in [1.54, 1.807) is 19.1 Å². The van der Waals surface area contributed by atoms with Gasteiger partial charge in [-0.2, -0.15) is 0 Å². The molecule has 1 aromatic rings. The van der Waals surface area contributed by atoms with Gasteiger partial charge in [0.1, 0.15) is 0 Å². The molecular formula is C12H19N3O. The highest BCUT2D eigenvalue weighted by Gasteiger charge is 2.11. The summed E-state index contributed by atoms with van der Waals surface area (Å²) in [5.41, 5.74) is 5.36. The largest absolute Gasteiger partial charge is 0.385 e. The van der Waals surface area contributed by atoms with Gasteiger partial charge in [0, 0.05) is 26.3 Å². The van der Waals surface area contributed by atoms with Crippen LogP contribution in [0, 0.1) is 6.92 Å². The summed E-state index contributed by atoms with van der Waals surface area (Å²) >= 11 is 0. The van der Waals surface area contributed by atoms with Gasteiger partial charge in [0.15, 0.2) is 0 Å². The van der Waals surface area contributed by atoms with Crippen molar-refractivity contribution < 1.29 is 4.79 Å². The van der Waals surface area contributed by atoms with Crippen molar-refractivity contribution in [1.29, 1.82) is 0 Å². The molecule has 0 atom stereocenters. The first-order valence-electron chi connectivity index (χ1n) is 5.37. The predicted octanol–water partition coefficient (Wildman–Crippen LogP) is 1.63. The lowest BCUT2D eigenvalue weighted by Gasteiger charge is -2.15. The van der Waals surface area contributed by atoms with Gasteiger partial charge in [0.25, 0.3) is 5.91 Å². The zero-order valence-corrected chi connectivity index (χ0v) is 10.3. The lowest BCUT2D eigenvalue weighted by Crippen LogP contribution is -2.36. The van der Waals surface area contributed by atoms with Gasteiger partial charge in [-0.3, -0.25) is 10.2 Å². The monoisotopic (exact) mass is 221 g/mol. The number of carbonyl (C=O) groups is 1. The summed E-state index contributed by atoms with van der Waals surface area (Å²) in [6, 6.07) is 5.81. The second kappa shape index (κ2) is 5.51. The number of amides is 1. The molecule has 4 heteroatoms. The van der Waals surface area contributed by atoms with E-state index in [1.165, 1.54) is 0 Å². The molecule has 0 aliphatic carbocycles. The Hall–Kier alpha value is -1.55. The van der Waals surface area contributed by atoms with Crippen LogP contribution in [0.25, 0.3) is 0 Å². The van der Waals surface area contributed by atoms with Crippen LogP contribution in [0.4, 0.5) is 5.69 Å². The first-order chi connectivity index (χ1) is 7.54. The summed E-state index contributed by atoms with van der Waals surface area (Å²) in [6.07, 6.45) is 0. The van der Waals surface area contributed by atoms with E-state index in [-0.39, 0.29) is 5.91 Å². The Balaban J connectivity index is 2.99. The summed E-state index contributed by atoms with van der Waals surface area (Å²) in [4.78, 5) is 11.9. The maximum absolute atomic E-state index is 11.9. The molecule has 2 N–H and O–H groups in total. The number of nitrogens with one attached hydrogen (secondary N) is 2. The highest BCUT2D eigenvalue weighted by atomic mass is 16.2. The van der Waals surface area contributed by atoms with Crippen molar-refractivity contribution in [2.75, 3.05) is 26.0 Å². The molecule has 0 bridgehead atoms. The Morgan fingerprint density at radius 1 is 1.38 bits per heavy atom. The van der Waals surface area contributed by atoms with Crippen LogP contribution in [0.1, 0.15) is 22.8 Å². The summed E-state index contributed by atoms with van der Waals surface area (Å²) < 4.78 is 0. The van der Waals surface area contributed by atoms with Crippen LogP contribution in [-0.4, -0.2) is 31.6 Å². The lowest BCUT2D eigenvalue weighted by molar-refractivity contribution is 0.0857. The Morgan fingerprint density at radius 2 is 2.06 bits per heavy atom. The molecule has 1 aromatic carbocycles. The Bertz CT molecular complexity index is 375. The molecule has 4 nitrogen and oxygen atoms in total. The van der Waals surface area contributed by atoms with E-state index in [0.717, 1.165) is 17.8 Å². The summed E-state index contributed by atoms with van der Waals surface area (Å²) in [5.74, 6) is -0.0929. The minimum atomic E-state index is -0.0929. The Labute approximate surface area is 96.6 Å². The molecule has 0 saturated carbocycles. The second-order valence-corrected chi connectivity index (χ2v) is 3.91. The number of aryl methyl sites for hydroxylation is 1. The number of hydrogen-bond acceptors (Lipinski definition) is 3. The summed E-state index contributed by atoms with van der Waals surface area (Å²) in [7, 11) is 3.58. The Kier molecular flexibility index (Phi) is 4.31. The van der Waals surface area contributed by atoms with Gasteiger partial charge in [-0.15, -0.1) is 0 Å². The van der Waals surface area contributed by atoms with Gasteiger partial charge in [0.05, 0.1) is 5.56 Å². The quantitative estimate of drug-likeness (QED) is 0.760. The van der Waals surface area contributed by atoms with Gasteiger partial charge < -0.3 is 5.32 Å². The summed E-state index contributed by atoms with van der Waals surface area (Å²) in [6.45, 7) is 4.78. The molecule has 0 aliphatic rings. The molecule has 0 aromatic heterocycles. The maximum Gasteiger partial charge on any atom is 0.267 e. The van der Waals surface area contributed by atoms with Gasteiger partial charge in [-0.1, -0.05) is 11.6 Å². The van der Waals surface area contributed by atoms with E-state index in [4.69, 9.17) is 0 Å². The van der Waals surface area contributed by atoms with Crippen molar-refractivity contribution in [1.82, 2.24) is 10.4 Å². The van der Waals surface area contributed by atoms with Gasteiger partial charge in [-0.25, -0.2) is 5.01 Å². The molecule has 0 heterocycles. The fraction of sp³-hybridized carbons (Fsp3) is 0.417. The summed E-state index contributed by atoms with van der Waals surface area (Å²) in [5, 5.41) is 4.82. The third-order valence-corrected chi connectivity index (χ3v) is 2.11. The van der Waals surface area contributed by atoms with E-state index in [0.29, 0.717) is 5.56 Å². The van der Waals surface area contributed by atoms with Gasteiger partial charge in [0.2, 0.25) is 0 Å². The van der Waals surface area contributed by atoms with Crippen LogP contribution in [0.2, 0.25) is 0 Å². The van der Waals surface area contributed by atoms with Gasteiger partial charge in [-0.05, 0) is 26.0 Å². The molecule has 0 fully saturated rings. The normalized spacial score (nSPS) is 10.3. The fourth-order valence-electron chi connectivity index (χ4n) is 1.45. The van der Waals surface area contributed by atoms with Crippen molar-refractivity contribution in [3.8, 4) is 0 Å². The number of hydrazine groups is 1. The zero-order valence-electron chi connectivity index (χ0n) is 10.3. The van der Waals surface area contributed by atoms with E-state index < -0.39 is 0 Å². The van der Waals surface area contributed by atoms with Crippen LogP contribution >= 0.6 is 0 Å². The predicted molar refractivity (Wildman–Crippen MR) is 66.5 cm³/mol. The average Bonchev–Trinajstić information content (AvgIpc) is 2.20. The third kappa shape index (κ3) is 3.24. The van der Waals surface area contributed by atoms with E-state index in [2.05, 4.69) is 10.7 Å². The maximum atomic E-state index is 11.9. The number of rotatable bonds is 4. The topological polar surface area (TPSA) is 44.4 Å². The van der Waals surface area contributed by atoms with E-state index >= 15 is 0 Å². The molecule has 1 rings (SSSR count). The molecule has 0 spiro atoms. The molecule has 0 unspecified atom stereocenters. The average molecular weight is 221 g/mol. The highest BCUT2D eigenvalue weighted by Crippen LogP contribution is 2.17. The van der Waals surface area contributed by atoms with Crippen molar-refractivity contribution in [3.63, 3.8) is 0 Å². The van der Waals surface area contributed by atoms with Gasteiger partial charge >= 0.3 is 0 Å². The molecule has 1 amide bonds. The minimum absolute atomic E-state index is 0.0929. The van der Waals surface area contributed by atoms with Crippen LogP contribution in [0.5, 0.6) is 0 Å². The van der Waals surface area contributed by atoms with Crippen LogP contribution in [0.15, 0.2) is 18.2 Å². The first kappa shape index (κ1) is 12.5. The smallest absolute Gasteiger partial charge is 0.267 e. The first-order valence-corrected chi connectivity index (χ1v) is 5.37. The third-order valence-electron chi connectivity index (χ3n) is 2.11. The molecule has 0 aliphatic heterocycles. The number of anilines is 1. The second-order valence-electron chi connectivity index (χ2n) is 3.91. The number of benzene rings is 1. The van der Waals surface area contributed by atoms with Crippen LogP contribution in [-0.2, 0) is 0 Å². The van der Waals surface area contributed by atoms with Crippen LogP contribution in [0.3, 0.4) is 0 Å². The van der Waals surface area contributed by atoms with E-state index in [1.807, 2.05) is 32.0 Å². The van der Waals surface area contributed by atoms with Crippen molar-refractivity contribution in [3.05, 3.63) is 29.3 Å².